The highest BCUT2D eigenvalue weighted by atomic mass is 19.1. The minimum Gasteiger partial charge on any atom is -0.322 e. The number of nitrogens with two attached hydrogens (primary N) is 1. The summed E-state index contributed by atoms with van der Waals surface area (Å²) in [4.78, 5) is 11.9. The molecule has 1 amide bonds. The van der Waals surface area contributed by atoms with Gasteiger partial charge < -0.3 is 11.1 Å². The molecule has 0 saturated carbocycles. The fraction of sp³-hybridized carbons (Fsp3) is 0.133. The van der Waals surface area contributed by atoms with Gasteiger partial charge in [-0.25, -0.2) is 8.78 Å². The van der Waals surface area contributed by atoms with Crippen LogP contribution in [0.25, 0.3) is 0 Å². The standard InChI is InChI=1S/C15H14F2N2O/c1-9-2-4-10(5-3-9)14(18)15(20)19-13-7-6-11(16)8-12(13)17/h2-8,14H,18H2,1H3,(H,19,20). The highest BCUT2D eigenvalue weighted by Gasteiger charge is 2.17. The maximum atomic E-state index is 13.4. The Kier molecular flexibility index (Phi) is 4.10. The van der Waals surface area contributed by atoms with Crippen LogP contribution in [0.1, 0.15) is 17.2 Å². The van der Waals surface area contributed by atoms with Gasteiger partial charge in [-0.15, -0.1) is 0 Å². The Balaban J connectivity index is 2.13. The minimum atomic E-state index is -0.917. The normalized spacial score (nSPS) is 12.0. The molecule has 3 N–H and O–H groups in total. The van der Waals surface area contributed by atoms with Gasteiger partial charge >= 0.3 is 0 Å². The van der Waals surface area contributed by atoms with Crippen molar-refractivity contribution < 1.29 is 13.6 Å². The molecule has 0 aliphatic carbocycles. The Labute approximate surface area is 115 Å². The van der Waals surface area contributed by atoms with Gasteiger partial charge in [-0.3, -0.25) is 4.79 Å². The summed E-state index contributed by atoms with van der Waals surface area (Å²) >= 11 is 0. The molecule has 0 bridgehead atoms. The van der Waals surface area contributed by atoms with Crippen LogP contribution in [0.3, 0.4) is 0 Å². The Morgan fingerprint density at radius 3 is 2.40 bits per heavy atom. The van der Waals surface area contributed by atoms with E-state index in [1.165, 1.54) is 0 Å². The second kappa shape index (κ2) is 5.79. The Bertz CT molecular complexity index is 626. The molecule has 20 heavy (non-hydrogen) atoms. The van der Waals surface area contributed by atoms with Crippen LogP contribution < -0.4 is 11.1 Å². The zero-order valence-corrected chi connectivity index (χ0v) is 10.9. The number of rotatable bonds is 3. The predicted octanol–water partition coefficient (Wildman–Crippen LogP) is 2.91. The molecule has 0 aliphatic rings. The predicted molar refractivity (Wildman–Crippen MR) is 73.1 cm³/mol. The number of carbonyl (C=O) groups excluding carboxylic acids is 1. The SMILES string of the molecule is Cc1ccc(C(N)C(=O)Nc2ccc(F)cc2F)cc1. The molecule has 1 unspecified atom stereocenters. The summed E-state index contributed by atoms with van der Waals surface area (Å²) in [5.41, 5.74) is 7.38. The van der Waals surface area contributed by atoms with Gasteiger partial charge in [-0.1, -0.05) is 29.8 Å². The molecule has 0 heterocycles. The van der Waals surface area contributed by atoms with Crippen molar-refractivity contribution >= 4 is 11.6 Å². The van der Waals surface area contributed by atoms with Crippen molar-refractivity contribution in [3.8, 4) is 0 Å². The van der Waals surface area contributed by atoms with Crippen molar-refractivity contribution in [3.63, 3.8) is 0 Å². The molecule has 5 heteroatoms. The van der Waals surface area contributed by atoms with Crippen LogP contribution in [0.15, 0.2) is 42.5 Å². The number of benzene rings is 2. The number of amides is 1. The molecule has 0 aliphatic heterocycles. The Morgan fingerprint density at radius 1 is 1.15 bits per heavy atom. The number of nitrogens with one attached hydrogen (secondary N) is 1. The molecule has 0 aromatic heterocycles. The molecule has 0 spiro atoms. The molecule has 3 nitrogen and oxygen atoms in total. The number of hydrogen-bond acceptors (Lipinski definition) is 2. The third kappa shape index (κ3) is 3.19. The highest BCUT2D eigenvalue weighted by molar-refractivity contribution is 5.95. The lowest BCUT2D eigenvalue weighted by molar-refractivity contribution is -0.117. The second-order valence-electron chi connectivity index (χ2n) is 4.50. The highest BCUT2D eigenvalue weighted by Crippen LogP contribution is 2.18. The number of halogens is 2. The molecule has 2 aromatic rings. The van der Waals surface area contributed by atoms with E-state index in [2.05, 4.69) is 5.32 Å². The van der Waals surface area contributed by atoms with Crippen LogP contribution in [-0.2, 0) is 4.79 Å². The summed E-state index contributed by atoms with van der Waals surface area (Å²) in [5.74, 6) is -2.10. The second-order valence-corrected chi connectivity index (χ2v) is 4.50. The zero-order chi connectivity index (χ0) is 14.7. The van der Waals surface area contributed by atoms with E-state index in [1.54, 1.807) is 12.1 Å². The van der Waals surface area contributed by atoms with E-state index in [-0.39, 0.29) is 5.69 Å². The van der Waals surface area contributed by atoms with E-state index in [1.807, 2.05) is 19.1 Å². The van der Waals surface area contributed by atoms with Crippen LogP contribution in [0, 0.1) is 18.6 Å². The first-order valence-electron chi connectivity index (χ1n) is 6.05. The average molecular weight is 276 g/mol. The van der Waals surface area contributed by atoms with Gasteiger partial charge in [0, 0.05) is 6.07 Å². The summed E-state index contributed by atoms with van der Waals surface area (Å²) in [7, 11) is 0. The first kappa shape index (κ1) is 14.1. The third-order valence-electron chi connectivity index (χ3n) is 2.91. The van der Waals surface area contributed by atoms with E-state index in [9.17, 15) is 13.6 Å². The molecule has 104 valence electrons. The quantitative estimate of drug-likeness (QED) is 0.905. The van der Waals surface area contributed by atoms with Crippen LogP contribution >= 0.6 is 0 Å². The molecular weight excluding hydrogens is 262 g/mol. The fourth-order valence-electron chi connectivity index (χ4n) is 1.73. The van der Waals surface area contributed by atoms with Gasteiger partial charge in [-0.05, 0) is 24.6 Å². The molecule has 0 radical (unpaired) electrons. The number of carbonyl (C=O) groups is 1. The van der Waals surface area contributed by atoms with E-state index in [0.29, 0.717) is 11.6 Å². The van der Waals surface area contributed by atoms with E-state index >= 15 is 0 Å². The third-order valence-corrected chi connectivity index (χ3v) is 2.91. The van der Waals surface area contributed by atoms with Crippen molar-refractivity contribution in [2.45, 2.75) is 13.0 Å². The smallest absolute Gasteiger partial charge is 0.245 e. The molecule has 2 rings (SSSR count). The van der Waals surface area contributed by atoms with Crippen LogP contribution in [0.4, 0.5) is 14.5 Å². The molecule has 1 atom stereocenters. The summed E-state index contributed by atoms with van der Waals surface area (Å²) in [6, 6.07) is 9.15. The van der Waals surface area contributed by atoms with Gasteiger partial charge in [0.05, 0.1) is 5.69 Å². The van der Waals surface area contributed by atoms with Crippen LogP contribution in [0.5, 0.6) is 0 Å². The van der Waals surface area contributed by atoms with Gasteiger partial charge in [0.25, 0.3) is 0 Å². The topological polar surface area (TPSA) is 55.1 Å². The van der Waals surface area contributed by atoms with Crippen LogP contribution in [-0.4, -0.2) is 5.91 Å². The maximum Gasteiger partial charge on any atom is 0.245 e. The Morgan fingerprint density at radius 2 is 1.80 bits per heavy atom. The van der Waals surface area contributed by atoms with Crippen molar-refractivity contribution in [3.05, 3.63) is 65.2 Å². The largest absolute Gasteiger partial charge is 0.322 e. The average Bonchev–Trinajstić information content (AvgIpc) is 2.42. The molecule has 0 saturated heterocycles. The number of hydrogen-bond donors (Lipinski definition) is 2. The van der Waals surface area contributed by atoms with E-state index < -0.39 is 23.6 Å². The fourth-order valence-corrected chi connectivity index (χ4v) is 1.73. The monoisotopic (exact) mass is 276 g/mol. The molecule has 2 aromatic carbocycles. The molecule has 0 fully saturated rings. The summed E-state index contributed by atoms with van der Waals surface area (Å²) in [6.45, 7) is 1.92. The number of anilines is 1. The summed E-state index contributed by atoms with van der Waals surface area (Å²) in [5, 5.41) is 2.34. The Hall–Kier alpha value is -2.27. The van der Waals surface area contributed by atoms with Crippen molar-refractivity contribution in [2.75, 3.05) is 5.32 Å². The van der Waals surface area contributed by atoms with E-state index in [0.717, 1.165) is 17.7 Å². The minimum absolute atomic E-state index is 0.0982. The van der Waals surface area contributed by atoms with Gasteiger partial charge in [-0.2, -0.15) is 0 Å². The van der Waals surface area contributed by atoms with Crippen molar-refractivity contribution in [1.29, 1.82) is 0 Å². The van der Waals surface area contributed by atoms with Gasteiger partial charge in [0.1, 0.15) is 17.7 Å². The lowest BCUT2D eigenvalue weighted by Gasteiger charge is -2.13. The summed E-state index contributed by atoms with van der Waals surface area (Å²) < 4.78 is 26.2. The first-order valence-corrected chi connectivity index (χ1v) is 6.05. The lowest BCUT2D eigenvalue weighted by atomic mass is 10.1. The summed E-state index contributed by atoms with van der Waals surface area (Å²) in [6.07, 6.45) is 0. The lowest BCUT2D eigenvalue weighted by Crippen LogP contribution is -2.28. The first-order chi connectivity index (χ1) is 9.47. The van der Waals surface area contributed by atoms with Gasteiger partial charge in [0.15, 0.2) is 0 Å². The van der Waals surface area contributed by atoms with E-state index in [4.69, 9.17) is 5.73 Å². The number of aryl methyl sites for hydroxylation is 1. The van der Waals surface area contributed by atoms with Crippen LogP contribution in [0.2, 0.25) is 0 Å². The maximum absolute atomic E-state index is 13.4. The van der Waals surface area contributed by atoms with Crippen molar-refractivity contribution in [1.82, 2.24) is 0 Å². The van der Waals surface area contributed by atoms with Gasteiger partial charge in [0.2, 0.25) is 5.91 Å². The molecular formula is C15H14F2N2O. The zero-order valence-electron chi connectivity index (χ0n) is 10.9. The van der Waals surface area contributed by atoms with Crippen molar-refractivity contribution in [2.24, 2.45) is 5.73 Å².